The fourth-order valence-corrected chi connectivity index (χ4v) is 2.28. The third-order valence-corrected chi connectivity index (χ3v) is 3.33. The van der Waals surface area contributed by atoms with Gasteiger partial charge in [0.15, 0.2) is 0 Å². The second kappa shape index (κ2) is 5.53. The van der Waals surface area contributed by atoms with Crippen LogP contribution in [0.1, 0.15) is 5.69 Å². The quantitative estimate of drug-likeness (QED) is 0.801. The van der Waals surface area contributed by atoms with Crippen LogP contribution < -0.4 is 10.5 Å². The van der Waals surface area contributed by atoms with Crippen molar-refractivity contribution in [2.45, 2.75) is 6.42 Å². The summed E-state index contributed by atoms with van der Waals surface area (Å²) in [6.45, 7) is 0.529. The lowest BCUT2D eigenvalue weighted by Crippen LogP contribution is -2.06. The zero-order valence-electron chi connectivity index (χ0n) is 10.8. The van der Waals surface area contributed by atoms with Crippen LogP contribution in [0.5, 0.6) is 11.6 Å². The number of para-hydroxylation sites is 1. The molecule has 2 aromatic heterocycles. The Morgan fingerprint density at radius 2 is 1.95 bits per heavy atom. The first-order valence-corrected chi connectivity index (χ1v) is 6.76. The Balaban J connectivity index is 2.06. The van der Waals surface area contributed by atoms with Crippen molar-refractivity contribution in [3.63, 3.8) is 0 Å². The Hall–Kier alpha value is -2.04. The standard InChI is InChI=1S/C15H14ClN3O/c16-11-5-1-2-6-13(11)20-15-12(8-9-17)19-10-4-3-7-14(19)18-15/h1-7,10H,8-9,17H2. The van der Waals surface area contributed by atoms with Crippen LogP contribution in [0.2, 0.25) is 5.02 Å². The van der Waals surface area contributed by atoms with Crippen LogP contribution in [-0.2, 0) is 6.42 Å². The van der Waals surface area contributed by atoms with Gasteiger partial charge >= 0.3 is 0 Å². The minimum absolute atomic E-state index is 0.529. The van der Waals surface area contributed by atoms with Gasteiger partial charge in [-0.1, -0.05) is 29.8 Å². The Morgan fingerprint density at radius 3 is 2.75 bits per heavy atom. The highest BCUT2D eigenvalue weighted by molar-refractivity contribution is 6.32. The fraction of sp³-hybridized carbons (Fsp3) is 0.133. The predicted octanol–water partition coefficient (Wildman–Crippen LogP) is 3.28. The summed E-state index contributed by atoms with van der Waals surface area (Å²) >= 11 is 6.12. The molecule has 0 saturated heterocycles. The van der Waals surface area contributed by atoms with Gasteiger partial charge in [-0.15, -0.1) is 0 Å². The van der Waals surface area contributed by atoms with Gasteiger partial charge in [-0.2, -0.15) is 4.98 Å². The van der Waals surface area contributed by atoms with Crippen molar-refractivity contribution < 1.29 is 4.74 Å². The molecule has 1 aromatic carbocycles. The summed E-state index contributed by atoms with van der Waals surface area (Å²) in [6.07, 6.45) is 2.64. The zero-order valence-corrected chi connectivity index (χ0v) is 11.5. The number of hydrogen-bond donors (Lipinski definition) is 1. The first kappa shape index (κ1) is 13.0. The number of hydrogen-bond acceptors (Lipinski definition) is 3. The monoisotopic (exact) mass is 287 g/mol. The molecule has 0 saturated carbocycles. The number of nitrogens with zero attached hydrogens (tertiary/aromatic N) is 2. The van der Waals surface area contributed by atoms with Gasteiger partial charge in [-0.05, 0) is 30.8 Å². The number of aromatic nitrogens is 2. The lowest BCUT2D eigenvalue weighted by Gasteiger charge is -2.07. The van der Waals surface area contributed by atoms with Crippen LogP contribution in [0.4, 0.5) is 0 Å². The van der Waals surface area contributed by atoms with E-state index in [1.807, 2.05) is 47.0 Å². The van der Waals surface area contributed by atoms with Gasteiger partial charge in [0, 0.05) is 12.6 Å². The van der Waals surface area contributed by atoms with E-state index in [0.717, 1.165) is 11.3 Å². The van der Waals surface area contributed by atoms with E-state index >= 15 is 0 Å². The van der Waals surface area contributed by atoms with E-state index < -0.39 is 0 Å². The van der Waals surface area contributed by atoms with Crippen LogP contribution in [0.3, 0.4) is 0 Å². The molecule has 0 spiro atoms. The molecule has 0 aliphatic rings. The smallest absolute Gasteiger partial charge is 0.241 e. The van der Waals surface area contributed by atoms with Gasteiger partial charge < -0.3 is 14.9 Å². The summed E-state index contributed by atoms with van der Waals surface area (Å²) in [5, 5.41) is 0.559. The van der Waals surface area contributed by atoms with Crippen LogP contribution in [0.25, 0.3) is 5.65 Å². The Kier molecular flexibility index (Phi) is 3.58. The van der Waals surface area contributed by atoms with Crippen molar-refractivity contribution in [2.24, 2.45) is 5.73 Å². The van der Waals surface area contributed by atoms with Crippen LogP contribution in [0, 0.1) is 0 Å². The van der Waals surface area contributed by atoms with Gasteiger partial charge in [-0.25, -0.2) is 0 Å². The van der Waals surface area contributed by atoms with Crippen molar-refractivity contribution in [1.82, 2.24) is 9.38 Å². The molecule has 0 fully saturated rings. The van der Waals surface area contributed by atoms with E-state index in [9.17, 15) is 0 Å². The molecular formula is C15H14ClN3O. The topological polar surface area (TPSA) is 52.5 Å². The predicted molar refractivity (Wildman–Crippen MR) is 79.5 cm³/mol. The summed E-state index contributed by atoms with van der Waals surface area (Å²) in [4.78, 5) is 4.49. The number of halogens is 1. The van der Waals surface area contributed by atoms with Crippen molar-refractivity contribution in [3.8, 4) is 11.6 Å². The molecule has 102 valence electrons. The van der Waals surface area contributed by atoms with Crippen molar-refractivity contribution in [2.75, 3.05) is 6.54 Å². The molecule has 20 heavy (non-hydrogen) atoms. The highest BCUT2D eigenvalue weighted by Crippen LogP contribution is 2.31. The summed E-state index contributed by atoms with van der Waals surface area (Å²) in [6, 6.07) is 13.2. The zero-order chi connectivity index (χ0) is 13.9. The number of nitrogens with two attached hydrogens (primary N) is 1. The minimum Gasteiger partial charge on any atom is -0.436 e. The summed E-state index contributed by atoms with van der Waals surface area (Å²) in [7, 11) is 0. The molecule has 0 atom stereocenters. The van der Waals surface area contributed by atoms with Gasteiger partial charge in [0.2, 0.25) is 5.88 Å². The van der Waals surface area contributed by atoms with Gasteiger partial charge in [0.25, 0.3) is 0 Å². The maximum Gasteiger partial charge on any atom is 0.241 e. The van der Waals surface area contributed by atoms with Gasteiger partial charge in [0.1, 0.15) is 11.4 Å². The van der Waals surface area contributed by atoms with Crippen molar-refractivity contribution in [3.05, 3.63) is 59.4 Å². The van der Waals surface area contributed by atoms with E-state index in [0.29, 0.717) is 29.6 Å². The second-order valence-electron chi connectivity index (χ2n) is 4.36. The summed E-state index contributed by atoms with van der Waals surface area (Å²) in [5.41, 5.74) is 7.46. The molecule has 0 bridgehead atoms. The van der Waals surface area contributed by atoms with E-state index in [2.05, 4.69) is 4.98 Å². The first-order valence-electron chi connectivity index (χ1n) is 6.38. The number of pyridine rings is 1. The molecule has 0 unspecified atom stereocenters. The first-order chi connectivity index (χ1) is 9.79. The molecule has 5 heteroatoms. The molecule has 0 aliphatic heterocycles. The number of imidazole rings is 1. The van der Waals surface area contributed by atoms with Crippen LogP contribution >= 0.6 is 11.6 Å². The Labute approximate surface area is 121 Å². The molecular weight excluding hydrogens is 274 g/mol. The second-order valence-corrected chi connectivity index (χ2v) is 4.77. The third-order valence-electron chi connectivity index (χ3n) is 3.02. The maximum absolute atomic E-state index is 6.12. The molecule has 0 radical (unpaired) electrons. The Bertz CT molecular complexity index is 739. The SMILES string of the molecule is NCCc1c(Oc2ccccc2Cl)nc2ccccn12. The minimum atomic E-state index is 0.529. The third kappa shape index (κ3) is 2.35. The highest BCUT2D eigenvalue weighted by atomic mass is 35.5. The average molecular weight is 288 g/mol. The molecule has 3 aromatic rings. The average Bonchev–Trinajstić information content (AvgIpc) is 2.80. The number of rotatable bonds is 4. The van der Waals surface area contributed by atoms with Crippen LogP contribution in [0.15, 0.2) is 48.7 Å². The largest absolute Gasteiger partial charge is 0.436 e. The molecule has 2 N–H and O–H groups in total. The number of ether oxygens (including phenoxy) is 1. The van der Waals surface area contributed by atoms with Crippen LogP contribution in [-0.4, -0.2) is 15.9 Å². The number of fused-ring (bicyclic) bond motifs is 1. The normalized spacial score (nSPS) is 10.9. The van der Waals surface area contributed by atoms with E-state index in [1.165, 1.54) is 0 Å². The highest BCUT2D eigenvalue weighted by Gasteiger charge is 2.14. The molecule has 4 nitrogen and oxygen atoms in total. The van der Waals surface area contributed by atoms with E-state index in [-0.39, 0.29) is 0 Å². The number of benzene rings is 1. The van der Waals surface area contributed by atoms with E-state index in [1.54, 1.807) is 6.07 Å². The summed E-state index contributed by atoms with van der Waals surface area (Å²) < 4.78 is 7.84. The molecule has 0 aliphatic carbocycles. The van der Waals surface area contributed by atoms with Gasteiger partial charge in [0.05, 0.1) is 10.7 Å². The lowest BCUT2D eigenvalue weighted by atomic mass is 10.3. The van der Waals surface area contributed by atoms with E-state index in [4.69, 9.17) is 22.1 Å². The summed E-state index contributed by atoms with van der Waals surface area (Å²) in [5.74, 6) is 1.14. The fourth-order valence-electron chi connectivity index (χ4n) is 2.10. The Morgan fingerprint density at radius 1 is 1.15 bits per heavy atom. The van der Waals surface area contributed by atoms with Gasteiger partial charge in [-0.3, -0.25) is 0 Å². The molecule has 0 amide bonds. The molecule has 2 heterocycles. The molecule has 3 rings (SSSR count). The van der Waals surface area contributed by atoms with Crippen molar-refractivity contribution >= 4 is 17.2 Å². The van der Waals surface area contributed by atoms with Crippen molar-refractivity contribution in [1.29, 1.82) is 0 Å². The lowest BCUT2D eigenvalue weighted by molar-refractivity contribution is 0.459. The maximum atomic E-state index is 6.12.